The van der Waals surface area contributed by atoms with Crippen molar-refractivity contribution in [2.24, 2.45) is 0 Å². The first-order valence-corrected chi connectivity index (χ1v) is 16.2. The Bertz CT molecular complexity index is 2850. The molecule has 7 aromatic carbocycles. The fourth-order valence-corrected chi connectivity index (χ4v) is 8.57. The van der Waals surface area contributed by atoms with Crippen molar-refractivity contribution in [3.8, 4) is 11.1 Å². The van der Waals surface area contributed by atoms with Gasteiger partial charge in [-0.05, 0) is 75.8 Å². The predicted octanol–water partition coefficient (Wildman–Crippen LogP) is 11.0. The molecule has 9 aromatic rings. The smallest absolute Gasteiger partial charge is 0.200 e. The monoisotopic (exact) mass is 615 g/mol. The van der Waals surface area contributed by atoms with Crippen LogP contribution in [0.15, 0.2) is 165 Å². The molecular formula is C44H25NO3. The van der Waals surface area contributed by atoms with Gasteiger partial charge >= 0.3 is 0 Å². The number of anilines is 3. The second-order valence-electron chi connectivity index (χ2n) is 12.7. The highest BCUT2D eigenvalue weighted by Crippen LogP contribution is 2.64. The highest BCUT2D eigenvalue weighted by molar-refractivity contribution is 6.10. The summed E-state index contributed by atoms with van der Waals surface area (Å²) in [7, 11) is 0. The summed E-state index contributed by atoms with van der Waals surface area (Å²) in [5, 5.41) is 3.27. The van der Waals surface area contributed by atoms with Gasteiger partial charge in [0.2, 0.25) is 5.43 Å². The van der Waals surface area contributed by atoms with Crippen molar-refractivity contribution in [3.05, 3.63) is 184 Å². The van der Waals surface area contributed by atoms with Gasteiger partial charge in [0.25, 0.3) is 0 Å². The van der Waals surface area contributed by atoms with E-state index >= 15 is 0 Å². The molecule has 0 radical (unpaired) electrons. The normalized spacial score (nSPS) is 14.0. The minimum atomic E-state index is -0.597. The molecule has 1 aliphatic heterocycles. The molecule has 1 aliphatic carbocycles. The Morgan fingerprint density at radius 1 is 0.417 bits per heavy atom. The quantitative estimate of drug-likeness (QED) is 0.172. The Kier molecular flexibility index (Phi) is 4.89. The van der Waals surface area contributed by atoms with Crippen molar-refractivity contribution in [1.29, 1.82) is 0 Å². The largest absolute Gasteiger partial charge is 0.456 e. The maximum absolute atomic E-state index is 13.9. The summed E-state index contributed by atoms with van der Waals surface area (Å²) in [5.74, 6) is 0. The van der Waals surface area contributed by atoms with Crippen LogP contribution in [0.5, 0.6) is 0 Å². The molecule has 0 fully saturated rings. The lowest BCUT2D eigenvalue weighted by molar-refractivity contribution is 0.659. The number of hydrogen-bond acceptors (Lipinski definition) is 4. The van der Waals surface area contributed by atoms with Gasteiger partial charge in [0, 0.05) is 16.8 Å². The average Bonchev–Trinajstić information content (AvgIpc) is 3.65. The summed E-state index contributed by atoms with van der Waals surface area (Å²) in [4.78, 5) is 16.1. The van der Waals surface area contributed by atoms with E-state index < -0.39 is 5.41 Å². The second-order valence-corrected chi connectivity index (χ2v) is 12.7. The Labute approximate surface area is 274 Å². The van der Waals surface area contributed by atoms with Crippen LogP contribution >= 0.6 is 0 Å². The molecule has 48 heavy (non-hydrogen) atoms. The van der Waals surface area contributed by atoms with E-state index in [1.807, 2.05) is 48.5 Å². The fourth-order valence-electron chi connectivity index (χ4n) is 8.57. The summed E-state index contributed by atoms with van der Waals surface area (Å²) >= 11 is 0. The van der Waals surface area contributed by atoms with Crippen LogP contribution in [0.25, 0.3) is 55.0 Å². The third-order valence-corrected chi connectivity index (χ3v) is 10.5. The molecule has 0 amide bonds. The molecule has 224 valence electrons. The molecular weight excluding hydrogens is 590 g/mol. The Balaban J connectivity index is 1.34. The molecule has 2 aliphatic rings. The van der Waals surface area contributed by atoms with Gasteiger partial charge in [-0.15, -0.1) is 0 Å². The molecule has 0 unspecified atom stereocenters. The van der Waals surface area contributed by atoms with Crippen LogP contribution in [0.1, 0.15) is 22.3 Å². The van der Waals surface area contributed by atoms with Crippen molar-refractivity contribution < 1.29 is 8.83 Å². The van der Waals surface area contributed by atoms with Crippen LogP contribution in [0.3, 0.4) is 0 Å². The minimum Gasteiger partial charge on any atom is -0.456 e. The first-order valence-electron chi connectivity index (χ1n) is 16.2. The average molecular weight is 616 g/mol. The van der Waals surface area contributed by atoms with Crippen molar-refractivity contribution in [2.45, 2.75) is 5.41 Å². The third kappa shape index (κ3) is 3.07. The topological polar surface area (TPSA) is 46.6 Å². The Hall–Kier alpha value is -6.39. The zero-order valence-electron chi connectivity index (χ0n) is 25.6. The number of hydrogen-bond donors (Lipinski definition) is 0. The molecule has 0 saturated heterocycles. The van der Waals surface area contributed by atoms with Gasteiger partial charge in [0.1, 0.15) is 16.7 Å². The van der Waals surface area contributed by atoms with Gasteiger partial charge < -0.3 is 13.7 Å². The van der Waals surface area contributed by atoms with Crippen LogP contribution in [0.4, 0.5) is 17.1 Å². The number of rotatable bonds is 1. The molecule has 4 nitrogen and oxygen atoms in total. The van der Waals surface area contributed by atoms with Gasteiger partial charge in [-0.1, -0.05) is 103 Å². The zero-order valence-corrected chi connectivity index (χ0v) is 25.6. The van der Waals surface area contributed by atoms with E-state index in [9.17, 15) is 4.79 Å². The molecule has 4 heteroatoms. The number of para-hydroxylation sites is 4. The van der Waals surface area contributed by atoms with Crippen molar-refractivity contribution in [3.63, 3.8) is 0 Å². The Morgan fingerprint density at radius 2 is 1.00 bits per heavy atom. The van der Waals surface area contributed by atoms with E-state index in [1.54, 1.807) is 0 Å². The number of nitrogens with zero attached hydrogens (tertiary/aromatic N) is 1. The van der Waals surface area contributed by atoms with E-state index in [2.05, 4.69) is 108 Å². The molecule has 0 saturated carbocycles. The lowest BCUT2D eigenvalue weighted by Crippen LogP contribution is -2.36. The molecule has 0 bridgehead atoms. The van der Waals surface area contributed by atoms with Crippen LogP contribution in [0.2, 0.25) is 0 Å². The summed E-state index contributed by atoms with van der Waals surface area (Å²) in [6.45, 7) is 0. The summed E-state index contributed by atoms with van der Waals surface area (Å²) in [6, 6.07) is 52.4. The lowest BCUT2D eigenvalue weighted by Gasteiger charge is -2.45. The Morgan fingerprint density at radius 3 is 1.77 bits per heavy atom. The molecule has 0 N–H and O–H groups in total. The highest BCUT2D eigenvalue weighted by atomic mass is 16.3. The minimum absolute atomic E-state index is 0.0397. The van der Waals surface area contributed by atoms with Crippen LogP contribution in [-0.4, -0.2) is 0 Å². The van der Waals surface area contributed by atoms with Crippen LogP contribution in [-0.2, 0) is 5.41 Å². The maximum atomic E-state index is 13.9. The van der Waals surface area contributed by atoms with Gasteiger partial charge in [-0.25, -0.2) is 0 Å². The van der Waals surface area contributed by atoms with E-state index in [4.69, 9.17) is 8.83 Å². The molecule has 0 atom stereocenters. The van der Waals surface area contributed by atoms with Gasteiger partial charge in [0.05, 0.1) is 33.2 Å². The molecule has 1 spiro atoms. The van der Waals surface area contributed by atoms with Gasteiger partial charge in [-0.3, -0.25) is 4.79 Å². The van der Waals surface area contributed by atoms with Gasteiger partial charge in [-0.2, -0.15) is 0 Å². The summed E-state index contributed by atoms with van der Waals surface area (Å²) < 4.78 is 13.2. The number of fused-ring (bicyclic) bond motifs is 14. The summed E-state index contributed by atoms with van der Waals surface area (Å²) in [5.41, 5.74) is 12.2. The van der Waals surface area contributed by atoms with Gasteiger partial charge in [0.15, 0.2) is 5.58 Å². The first kappa shape index (κ1) is 25.8. The standard InChI is InChI=1S/C44H25NO3/c46-42-29-15-4-10-23-40(29)48-43-30(42)16-11-21-37(43)45-36-20-8-7-19-34(36)44(32-17-5-1-12-26(32)27-13-2-6-18-33(27)44)35-24-31-28-14-3-9-22-39(28)47-41(31)25-38(35)45/h1-25H. The van der Waals surface area contributed by atoms with E-state index in [-0.39, 0.29) is 5.43 Å². The second kappa shape index (κ2) is 9.11. The van der Waals surface area contributed by atoms with E-state index in [0.29, 0.717) is 21.9 Å². The molecule has 3 heterocycles. The highest BCUT2D eigenvalue weighted by Gasteiger charge is 2.52. The molecule has 2 aromatic heterocycles. The SMILES string of the molecule is O=c1c2ccccc2oc2c(N3c4ccccc4C4(c5ccccc5-c5ccccc54)c4cc5c(cc43)oc3ccccc35)cccc12. The maximum Gasteiger partial charge on any atom is 0.200 e. The number of benzene rings is 7. The predicted molar refractivity (Wildman–Crippen MR) is 193 cm³/mol. The third-order valence-electron chi connectivity index (χ3n) is 10.5. The fraction of sp³-hybridized carbons (Fsp3) is 0.0227. The molecule has 11 rings (SSSR count). The summed E-state index contributed by atoms with van der Waals surface area (Å²) in [6.07, 6.45) is 0. The van der Waals surface area contributed by atoms with Crippen molar-refractivity contribution >= 4 is 60.9 Å². The van der Waals surface area contributed by atoms with Crippen LogP contribution in [0, 0.1) is 0 Å². The van der Waals surface area contributed by atoms with Crippen molar-refractivity contribution in [2.75, 3.05) is 4.90 Å². The first-order chi connectivity index (χ1) is 23.7. The van der Waals surface area contributed by atoms with E-state index in [1.165, 1.54) is 27.8 Å². The van der Waals surface area contributed by atoms with Crippen LogP contribution < -0.4 is 10.3 Å². The van der Waals surface area contributed by atoms with Crippen molar-refractivity contribution in [1.82, 2.24) is 0 Å². The zero-order chi connectivity index (χ0) is 31.6. The van der Waals surface area contributed by atoms with E-state index in [0.717, 1.165) is 44.6 Å². The lowest BCUT2D eigenvalue weighted by atomic mass is 9.64. The number of furan rings is 1.